The van der Waals surface area contributed by atoms with Crippen molar-refractivity contribution in [3.63, 3.8) is 0 Å². The average Bonchev–Trinajstić information content (AvgIpc) is 3.52. The van der Waals surface area contributed by atoms with Crippen LogP contribution >= 0.6 is 0 Å². The zero-order valence-electron chi connectivity index (χ0n) is 18.3. The molecule has 32 heavy (non-hydrogen) atoms. The van der Waals surface area contributed by atoms with Crippen molar-refractivity contribution in [2.24, 2.45) is 5.41 Å². The Morgan fingerprint density at radius 3 is 2.75 bits per heavy atom. The van der Waals surface area contributed by atoms with E-state index in [1.807, 2.05) is 6.07 Å². The fourth-order valence-corrected chi connectivity index (χ4v) is 8.42. The Bertz CT molecular complexity index is 1120. The summed E-state index contributed by atoms with van der Waals surface area (Å²) in [5.41, 5.74) is 0.982. The minimum atomic E-state index is -0.866. The van der Waals surface area contributed by atoms with Crippen molar-refractivity contribution < 1.29 is 28.5 Å². The average molecular weight is 438 g/mol. The summed E-state index contributed by atoms with van der Waals surface area (Å²) in [5, 5.41) is 0. The molecule has 0 N–H and O–H groups in total. The molecule has 7 aliphatic rings. The third kappa shape index (κ3) is 1.73. The van der Waals surface area contributed by atoms with E-state index in [2.05, 4.69) is 17.0 Å². The maximum absolute atomic E-state index is 13.5. The van der Waals surface area contributed by atoms with Gasteiger partial charge in [-0.2, -0.15) is 0 Å². The van der Waals surface area contributed by atoms with Crippen molar-refractivity contribution in [1.29, 1.82) is 0 Å². The molecule has 8 rings (SSSR count). The van der Waals surface area contributed by atoms with Gasteiger partial charge in [0, 0.05) is 16.9 Å². The molecule has 3 aliphatic carbocycles. The van der Waals surface area contributed by atoms with Crippen molar-refractivity contribution in [2.45, 2.75) is 49.1 Å². The summed E-state index contributed by atoms with van der Waals surface area (Å²) >= 11 is 0. The van der Waals surface area contributed by atoms with Crippen LogP contribution in [0.3, 0.4) is 0 Å². The number of hydrogen-bond donors (Lipinski definition) is 0. The van der Waals surface area contributed by atoms with Gasteiger partial charge in [0.2, 0.25) is 6.79 Å². The molecule has 168 valence electrons. The second-order valence-electron chi connectivity index (χ2n) is 9.91. The van der Waals surface area contributed by atoms with E-state index < -0.39 is 17.0 Å². The first-order valence-corrected chi connectivity index (χ1v) is 11.4. The molecule has 0 radical (unpaired) electrons. The maximum Gasteiger partial charge on any atom is 0.414 e. The Morgan fingerprint density at radius 2 is 1.94 bits per heavy atom. The van der Waals surface area contributed by atoms with E-state index in [4.69, 9.17) is 18.9 Å². The van der Waals surface area contributed by atoms with Crippen molar-refractivity contribution in [3.8, 4) is 11.5 Å². The third-order valence-electron chi connectivity index (χ3n) is 9.19. The summed E-state index contributed by atoms with van der Waals surface area (Å²) < 4.78 is 22.3. The molecule has 2 bridgehead atoms. The summed E-state index contributed by atoms with van der Waals surface area (Å²) in [6.07, 6.45) is 6.33. The molecule has 0 aromatic heterocycles. The number of hydrogen-bond acceptors (Lipinski definition) is 7. The van der Waals surface area contributed by atoms with Crippen LogP contribution in [0, 0.1) is 5.41 Å². The molecule has 3 spiro atoms. The lowest BCUT2D eigenvalue weighted by Crippen LogP contribution is -2.75. The number of carbonyl (C=O) groups is 2. The van der Waals surface area contributed by atoms with E-state index in [-0.39, 0.29) is 24.2 Å². The van der Waals surface area contributed by atoms with Gasteiger partial charge in [0.25, 0.3) is 0 Å². The monoisotopic (exact) mass is 438 g/mol. The van der Waals surface area contributed by atoms with Gasteiger partial charge in [0.1, 0.15) is 0 Å². The molecule has 4 aliphatic heterocycles. The van der Waals surface area contributed by atoms with Crippen molar-refractivity contribution >= 4 is 17.7 Å². The number of carbonyl (C=O) groups excluding carboxylic acids is 2. The van der Waals surface area contributed by atoms with Gasteiger partial charge in [-0.1, -0.05) is 12.1 Å². The summed E-state index contributed by atoms with van der Waals surface area (Å²) in [6.45, 7) is 2.10. The molecule has 3 fully saturated rings. The van der Waals surface area contributed by atoms with Crippen LogP contribution in [-0.2, 0) is 19.7 Å². The van der Waals surface area contributed by atoms with E-state index in [0.717, 1.165) is 44.3 Å². The number of fused-ring (bicyclic) bond motifs is 4. The molecule has 1 saturated carbocycles. The molecule has 1 amide bonds. The number of anilines is 1. The van der Waals surface area contributed by atoms with Crippen LogP contribution in [0.2, 0.25) is 0 Å². The molecule has 8 heteroatoms. The molecule has 1 unspecified atom stereocenters. The van der Waals surface area contributed by atoms with E-state index >= 15 is 0 Å². The summed E-state index contributed by atoms with van der Waals surface area (Å²) in [4.78, 5) is 31.2. The van der Waals surface area contributed by atoms with Crippen molar-refractivity contribution in [2.75, 3.05) is 39.0 Å². The number of benzene rings is 1. The normalized spacial score (nSPS) is 37.5. The van der Waals surface area contributed by atoms with E-state index in [0.29, 0.717) is 29.2 Å². The largest absolute Gasteiger partial charge is 0.466 e. The molecule has 1 aromatic rings. The minimum Gasteiger partial charge on any atom is -0.466 e. The predicted molar refractivity (Wildman–Crippen MR) is 113 cm³/mol. The fraction of sp³-hybridized carbons (Fsp3) is 0.583. The first kappa shape index (κ1) is 18.8. The maximum atomic E-state index is 13.5. The Hall–Kier alpha value is -2.74. The Labute approximate surface area is 186 Å². The Morgan fingerprint density at radius 1 is 1.06 bits per heavy atom. The zero-order valence-corrected chi connectivity index (χ0v) is 18.3. The molecule has 4 atom stereocenters. The second-order valence-corrected chi connectivity index (χ2v) is 9.91. The van der Waals surface area contributed by atoms with Crippen LogP contribution in [-0.4, -0.2) is 62.6 Å². The van der Waals surface area contributed by atoms with E-state index in [1.54, 1.807) is 4.90 Å². The van der Waals surface area contributed by atoms with E-state index in [9.17, 15) is 9.59 Å². The van der Waals surface area contributed by atoms with Gasteiger partial charge in [-0.15, -0.1) is 0 Å². The first-order valence-electron chi connectivity index (χ1n) is 11.4. The summed E-state index contributed by atoms with van der Waals surface area (Å²) in [7, 11) is 2.81. The van der Waals surface area contributed by atoms with Crippen LogP contribution in [0.5, 0.6) is 11.5 Å². The highest BCUT2D eigenvalue weighted by Gasteiger charge is 2.80. The van der Waals surface area contributed by atoms with Crippen molar-refractivity contribution in [1.82, 2.24) is 4.90 Å². The highest BCUT2D eigenvalue weighted by molar-refractivity contribution is 6.05. The Balaban J connectivity index is 1.62. The van der Waals surface area contributed by atoms with Crippen molar-refractivity contribution in [3.05, 3.63) is 29.3 Å². The second kappa shape index (κ2) is 5.78. The SMILES string of the molecule is COC(=O)C1=C[C@@]23CCCN4CC[C@@]5(c6ccc7c(c6N(C(=O)OC)C15CC2)OCO7)[C@@H]43. The first-order chi connectivity index (χ1) is 15.5. The number of esters is 1. The lowest BCUT2D eigenvalue weighted by molar-refractivity contribution is -0.139. The minimum absolute atomic E-state index is 0.0974. The summed E-state index contributed by atoms with van der Waals surface area (Å²) in [5.74, 6) is 0.832. The van der Waals surface area contributed by atoms with Crippen LogP contribution in [0.15, 0.2) is 23.8 Å². The number of piperidine rings is 1. The van der Waals surface area contributed by atoms with Gasteiger partial charge < -0.3 is 18.9 Å². The van der Waals surface area contributed by atoms with Gasteiger partial charge in [0.15, 0.2) is 11.5 Å². The van der Waals surface area contributed by atoms with Crippen LogP contribution in [0.1, 0.15) is 37.7 Å². The van der Waals surface area contributed by atoms with Gasteiger partial charge in [-0.25, -0.2) is 9.59 Å². The molecule has 8 nitrogen and oxygen atoms in total. The number of amides is 1. The molecular weight excluding hydrogens is 412 g/mol. The van der Waals surface area contributed by atoms with E-state index in [1.165, 1.54) is 14.2 Å². The summed E-state index contributed by atoms with van der Waals surface area (Å²) in [6, 6.07) is 4.26. The van der Waals surface area contributed by atoms with Gasteiger partial charge >= 0.3 is 12.1 Å². The number of nitrogens with zero attached hydrogens (tertiary/aromatic N) is 2. The van der Waals surface area contributed by atoms with Crippen LogP contribution < -0.4 is 14.4 Å². The van der Waals surface area contributed by atoms with Crippen LogP contribution in [0.4, 0.5) is 10.5 Å². The zero-order chi connectivity index (χ0) is 21.9. The van der Waals surface area contributed by atoms with Gasteiger partial charge in [0.05, 0.1) is 31.0 Å². The molecular formula is C24H26N2O6. The van der Waals surface area contributed by atoms with Gasteiger partial charge in [-0.3, -0.25) is 9.80 Å². The molecule has 4 heterocycles. The predicted octanol–water partition coefficient (Wildman–Crippen LogP) is 2.74. The lowest BCUT2D eigenvalue weighted by atomic mass is 9.42. The third-order valence-corrected chi connectivity index (χ3v) is 9.19. The van der Waals surface area contributed by atoms with Crippen LogP contribution in [0.25, 0.3) is 0 Å². The Kier molecular flexibility index (Phi) is 3.40. The number of ether oxygens (including phenoxy) is 4. The topological polar surface area (TPSA) is 77.5 Å². The van der Waals surface area contributed by atoms with Gasteiger partial charge in [-0.05, 0) is 56.8 Å². The standard InChI is InChI=1S/C24H26N2O6/c1-29-19(27)15-12-22-6-3-10-25-11-9-23(20(22)25)14-4-5-16-18(32-13-31-16)17(14)26(21(28)30-2)24(15,23)8-7-22/h4-5,12,20H,3,6-11,13H2,1-2H3/t20-,22+,23+,24?/m0/s1. The lowest BCUT2D eigenvalue weighted by Gasteiger charge is -2.66. The smallest absolute Gasteiger partial charge is 0.414 e. The fourth-order valence-electron chi connectivity index (χ4n) is 8.42. The highest BCUT2D eigenvalue weighted by Crippen LogP contribution is 2.75. The molecule has 1 aromatic carbocycles. The highest BCUT2D eigenvalue weighted by atomic mass is 16.7. The number of rotatable bonds is 1. The number of methoxy groups -OCH3 is 2. The quantitative estimate of drug-likeness (QED) is 0.624. The molecule has 2 saturated heterocycles.